The summed E-state index contributed by atoms with van der Waals surface area (Å²) in [6.45, 7) is 8.36. The number of hydrogen-bond acceptors (Lipinski definition) is 3. The Labute approximate surface area is 108 Å². The number of Topliss-reactive ketones (excluding diaryl/α,β-unsaturated/α-hetero) is 2. The molecule has 0 aromatic carbocycles. The van der Waals surface area contributed by atoms with E-state index >= 15 is 0 Å². The van der Waals surface area contributed by atoms with Crippen LogP contribution in [0.4, 0.5) is 0 Å². The van der Waals surface area contributed by atoms with Gasteiger partial charge in [0.15, 0.2) is 5.78 Å². The smallest absolute Gasteiger partial charge is 0.165 e. The predicted octanol–water partition coefficient (Wildman–Crippen LogP) is 1.97. The van der Waals surface area contributed by atoms with Crippen LogP contribution in [0.1, 0.15) is 47.0 Å². The minimum absolute atomic E-state index is 0.0390. The van der Waals surface area contributed by atoms with Gasteiger partial charge in [-0.05, 0) is 23.7 Å². The summed E-state index contributed by atoms with van der Waals surface area (Å²) < 4.78 is 0. The van der Waals surface area contributed by atoms with E-state index in [2.05, 4.69) is 20.8 Å². The summed E-state index contributed by atoms with van der Waals surface area (Å²) in [6.07, 6.45) is 1.29. The quantitative estimate of drug-likeness (QED) is 0.715. The second-order valence-corrected chi connectivity index (χ2v) is 7.43. The largest absolute Gasteiger partial charge is 0.381 e. The van der Waals surface area contributed by atoms with Gasteiger partial charge < -0.3 is 5.11 Å². The Kier molecular flexibility index (Phi) is 2.10. The summed E-state index contributed by atoms with van der Waals surface area (Å²) in [5.74, 6) is 0.485. The van der Waals surface area contributed by atoms with Crippen LogP contribution in [0.3, 0.4) is 0 Å². The maximum absolute atomic E-state index is 12.2. The van der Waals surface area contributed by atoms with E-state index < -0.39 is 11.0 Å². The molecule has 3 fully saturated rings. The molecule has 0 radical (unpaired) electrons. The molecule has 0 amide bonds. The van der Waals surface area contributed by atoms with E-state index in [1.807, 2.05) is 6.92 Å². The van der Waals surface area contributed by atoms with Crippen molar-refractivity contribution in [1.29, 1.82) is 0 Å². The maximum Gasteiger partial charge on any atom is 0.165 e. The van der Waals surface area contributed by atoms with Gasteiger partial charge in [-0.15, -0.1) is 0 Å². The van der Waals surface area contributed by atoms with Crippen molar-refractivity contribution in [2.75, 3.05) is 0 Å². The van der Waals surface area contributed by atoms with Crippen molar-refractivity contribution in [3.8, 4) is 0 Å². The summed E-state index contributed by atoms with van der Waals surface area (Å²) in [5, 5.41) is 10.9. The summed E-state index contributed by atoms with van der Waals surface area (Å²) in [6, 6.07) is 0. The van der Waals surface area contributed by atoms with Crippen LogP contribution in [0, 0.1) is 28.6 Å². The van der Waals surface area contributed by atoms with Gasteiger partial charge in [-0.1, -0.05) is 27.7 Å². The molecule has 5 unspecified atom stereocenters. The molecule has 1 N–H and O–H groups in total. The highest BCUT2D eigenvalue weighted by Crippen LogP contribution is 2.75. The number of hydrogen-bond donors (Lipinski definition) is 1. The first-order chi connectivity index (χ1) is 8.17. The lowest BCUT2D eigenvalue weighted by Gasteiger charge is -2.53. The van der Waals surface area contributed by atoms with Crippen LogP contribution in [0.25, 0.3) is 0 Å². The molecule has 0 aliphatic heterocycles. The number of ketones is 2. The van der Waals surface area contributed by atoms with E-state index in [4.69, 9.17) is 0 Å². The Bertz CT molecular complexity index is 453. The second kappa shape index (κ2) is 3.06. The highest BCUT2D eigenvalue weighted by atomic mass is 16.3. The number of fused-ring (bicyclic) bond motifs is 3. The van der Waals surface area contributed by atoms with Gasteiger partial charge in [-0.2, -0.15) is 0 Å². The molecule has 3 rings (SSSR count). The summed E-state index contributed by atoms with van der Waals surface area (Å²) >= 11 is 0. The minimum Gasteiger partial charge on any atom is -0.381 e. The number of rotatable bonds is 0. The number of carbonyl (C=O) groups is 2. The first kappa shape index (κ1) is 12.3. The van der Waals surface area contributed by atoms with Gasteiger partial charge in [-0.25, -0.2) is 0 Å². The van der Waals surface area contributed by atoms with Crippen LogP contribution in [-0.2, 0) is 9.59 Å². The summed E-state index contributed by atoms with van der Waals surface area (Å²) in [5.41, 5.74) is -1.89. The molecule has 3 aliphatic carbocycles. The van der Waals surface area contributed by atoms with Crippen LogP contribution in [0.2, 0.25) is 0 Å². The van der Waals surface area contributed by atoms with Crippen molar-refractivity contribution in [2.24, 2.45) is 28.6 Å². The molecule has 3 nitrogen and oxygen atoms in total. The lowest BCUT2D eigenvalue weighted by molar-refractivity contribution is -0.184. The molecule has 3 aliphatic rings. The average molecular weight is 250 g/mol. The summed E-state index contributed by atoms with van der Waals surface area (Å²) in [7, 11) is 0. The lowest BCUT2D eigenvalue weighted by Crippen LogP contribution is -2.63. The number of aliphatic hydroxyl groups is 1. The van der Waals surface area contributed by atoms with Crippen molar-refractivity contribution in [3.05, 3.63) is 0 Å². The van der Waals surface area contributed by atoms with E-state index in [9.17, 15) is 14.7 Å². The zero-order valence-corrected chi connectivity index (χ0v) is 11.6. The van der Waals surface area contributed by atoms with E-state index in [0.29, 0.717) is 12.3 Å². The van der Waals surface area contributed by atoms with E-state index in [1.54, 1.807) is 0 Å². The first-order valence-electron chi connectivity index (χ1n) is 6.95. The van der Waals surface area contributed by atoms with Gasteiger partial charge in [0.2, 0.25) is 0 Å². The third kappa shape index (κ3) is 1.06. The Morgan fingerprint density at radius 2 is 1.83 bits per heavy atom. The monoisotopic (exact) mass is 250 g/mol. The SMILES string of the molecule is CC1CCC(=O)C2(O)CC(=O)C3C(C3(C)C)C12C. The second-order valence-electron chi connectivity index (χ2n) is 7.43. The first-order valence-corrected chi connectivity index (χ1v) is 6.95. The minimum atomic E-state index is -1.41. The average Bonchev–Trinajstić information content (AvgIpc) is 2.85. The van der Waals surface area contributed by atoms with Crippen molar-refractivity contribution < 1.29 is 14.7 Å². The van der Waals surface area contributed by atoms with Crippen molar-refractivity contribution in [1.82, 2.24) is 0 Å². The topological polar surface area (TPSA) is 54.4 Å². The van der Waals surface area contributed by atoms with Gasteiger partial charge in [0.25, 0.3) is 0 Å². The fourth-order valence-electron chi connectivity index (χ4n) is 5.13. The Hall–Kier alpha value is -0.700. The molecule has 100 valence electrons. The molecule has 3 heteroatoms. The van der Waals surface area contributed by atoms with Gasteiger partial charge in [0, 0.05) is 24.2 Å². The molecule has 0 aromatic heterocycles. The fourth-order valence-corrected chi connectivity index (χ4v) is 5.13. The lowest BCUT2D eigenvalue weighted by atomic mass is 9.52. The predicted molar refractivity (Wildman–Crippen MR) is 66.8 cm³/mol. The van der Waals surface area contributed by atoms with Crippen LogP contribution >= 0.6 is 0 Å². The summed E-state index contributed by atoms with van der Waals surface area (Å²) in [4.78, 5) is 24.4. The third-order valence-corrected chi connectivity index (χ3v) is 6.43. The van der Waals surface area contributed by atoms with Gasteiger partial charge in [-0.3, -0.25) is 9.59 Å². The van der Waals surface area contributed by atoms with Crippen molar-refractivity contribution in [3.63, 3.8) is 0 Å². The van der Waals surface area contributed by atoms with Crippen LogP contribution in [-0.4, -0.2) is 22.3 Å². The van der Waals surface area contributed by atoms with Crippen LogP contribution in [0.5, 0.6) is 0 Å². The van der Waals surface area contributed by atoms with Crippen molar-refractivity contribution >= 4 is 11.6 Å². The molecule has 0 aromatic rings. The number of carbonyl (C=O) groups excluding carboxylic acids is 2. The fraction of sp³-hybridized carbons (Fsp3) is 0.867. The van der Waals surface area contributed by atoms with Crippen molar-refractivity contribution in [2.45, 2.75) is 52.6 Å². The van der Waals surface area contributed by atoms with Crippen LogP contribution in [0.15, 0.2) is 0 Å². The molecule has 18 heavy (non-hydrogen) atoms. The normalized spacial score (nSPS) is 53.7. The standard InChI is InChI=1S/C15H22O3/c1-8-5-6-10(17)15(18)7-9(16)11-12(13(11,2)3)14(8,15)4/h8,11-12,18H,5-7H2,1-4H3. The van der Waals surface area contributed by atoms with E-state index in [-0.39, 0.29) is 35.2 Å². The zero-order chi connectivity index (χ0) is 13.5. The molecule has 0 heterocycles. The maximum atomic E-state index is 12.2. The highest BCUT2D eigenvalue weighted by Gasteiger charge is 2.78. The Morgan fingerprint density at radius 3 is 2.44 bits per heavy atom. The van der Waals surface area contributed by atoms with E-state index in [0.717, 1.165) is 6.42 Å². The Balaban J connectivity index is 2.15. The molecular weight excluding hydrogens is 228 g/mol. The molecule has 3 saturated carbocycles. The third-order valence-electron chi connectivity index (χ3n) is 6.43. The van der Waals surface area contributed by atoms with Gasteiger partial charge >= 0.3 is 0 Å². The molecule has 5 atom stereocenters. The van der Waals surface area contributed by atoms with Gasteiger partial charge in [0.05, 0.1) is 0 Å². The molecular formula is C15H22O3. The Morgan fingerprint density at radius 1 is 1.22 bits per heavy atom. The van der Waals surface area contributed by atoms with Gasteiger partial charge in [0.1, 0.15) is 11.4 Å². The van der Waals surface area contributed by atoms with E-state index in [1.165, 1.54) is 0 Å². The van der Waals surface area contributed by atoms with Crippen LogP contribution < -0.4 is 0 Å². The molecule has 0 bridgehead atoms. The molecule has 0 spiro atoms. The molecule has 0 saturated heterocycles. The highest BCUT2D eigenvalue weighted by molar-refractivity contribution is 5.99. The zero-order valence-electron chi connectivity index (χ0n) is 11.6.